The molecule has 0 aliphatic heterocycles. The summed E-state index contributed by atoms with van der Waals surface area (Å²) < 4.78 is 5.67. The zero-order valence-corrected chi connectivity index (χ0v) is 12.7. The van der Waals surface area contributed by atoms with Gasteiger partial charge in [0.1, 0.15) is 5.75 Å². The van der Waals surface area contributed by atoms with Crippen LogP contribution in [0.3, 0.4) is 0 Å². The molecule has 0 spiro atoms. The molecule has 3 nitrogen and oxygen atoms in total. The van der Waals surface area contributed by atoms with E-state index in [0.717, 1.165) is 23.5 Å². The van der Waals surface area contributed by atoms with Crippen LogP contribution in [0.15, 0.2) is 18.2 Å². The zero-order valence-electron chi connectivity index (χ0n) is 12.7. The molecule has 0 unspecified atom stereocenters. The molecule has 0 saturated heterocycles. The first-order valence-electron chi connectivity index (χ1n) is 7.10. The van der Waals surface area contributed by atoms with Gasteiger partial charge < -0.3 is 15.8 Å². The van der Waals surface area contributed by atoms with Gasteiger partial charge in [0.15, 0.2) is 0 Å². The minimum absolute atomic E-state index is 0.291. The Morgan fingerprint density at radius 1 is 1.21 bits per heavy atom. The largest absolute Gasteiger partial charge is 0.491 e. The number of ether oxygens (including phenoxy) is 1. The fraction of sp³-hybridized carbons (Fsp3) is 0.625. The summed E-state index contributed by atoms with van der Waals surface area (Å²) in [7, 11) is 0. The summed E-state index contributed by atoms with van der Waals surface area (Å²) in [4.78, 5) is 0. The van der Waals surface area contributed by atoms with E-state index in [1.807, 2.05) is 18.2 Å². The monoisotopic (exact) mass is 262 g/mol. The minimum Gasteiger partial charge on any atom is -0.491 e. The predicted molar refractivity (Wildman–Crippen MR) is 81.6 cm³/mol. The predicted octanol–water partition coefficient (Wildman–Crippen LogP) is 3.90. The molecule has 1 aromatic carbocycles. The average molecular weight is 262 g/mol. The normalized spacial score (nSPS) is 20.1. The topological polar surface area (TPSA) is 47.3 Å². The van der Waals surface area contributed by atoms with Crippen LogP contribution < -0.4 is 15.8 Å². The van der Waals surface area contributed by atoms with E-state index in [-0.39, 0.29) is 0 Å². The van der Waals surface area contributed by atoms with Crippen LogP contribution in [-0.4, -0.2) is 12.6 Å². The lowest BCUT2D eigenvalue weighted by Crippen LogP contribution is -2.12. The number of rotatable bonds is 5. The fourth-order valence-electron chi connectivity index (χ4n) is 2.72. The van der Waals surface area contributed by atoms with E-state index in [1.165, 1.54) is 0 Å². The van der Waals surface area contributed by atoms with Gasteiger partial charge in [0.2, 0.25) is 0 Å². The lowest BCUT2D eigenvalue weighted by Gasteiger charge is -2.14. The van der Waals surface area contributed by atoms with Crippen molar-refractivity contribution in [3.63, 3.8) is 0 Å². The van der Waals surface area contributed by atoms with Gasteiger partial charge in [0.05, 0.1) is 18.0 Å². The van der Waals surface area contributed by atoms with Crippen molar-refractivity contribution in [3.05, 3.63) is 18.2 Å². The van der Waals surface area contributed by atoms with Crippen molar-refractivity contribution in [3.8, 4) is 5.75 Å². The van der Waals surface area contributed by atoms with E-state index in [9.17, 15) is 0 Å². The summed E-state index contributed by atoms with van der Waals surface area (Å²) in [5.41, 5.74) is 8.47. The third-order valence-corrected chi connectivity index (χ3v) is 4.85. The van der Waals surface area contributed by atoms with Gasteiger partial charge in [0, 0.05) is 6.04 Å². The van der Waals surface area contributed by atoms with E-state index in [2.05, 4.69) is 39.9 Å². The molecule has 106 valence electrons. The van der Waals surface area contributed by atoms with Gasteiger partial charge in [-0.05, 0) is 29.4 Å². The van der Waals surface area contributed by atoms with Crippen LogP contribution in [0.1, 0.15) is 41.0 Å². The van der Waals surface area contributed by atoms with Crippen molar-refractivity contribution in [1.82, 2.24) is 0 Å². The maximum atomic E-state index is 6.19. The Morgan fingerprint density at radius 3 is 2.37 bits per heavy atom. The molecule has 0 aromatic heterocycles. The van der Waals surface area contributed by atoms with Gasteiger partial charge in [-0.15, -0.1) is 0 Å². The van der Waals surface area contributed by atoms with Crippen molar-refractivity contribution in [2.75, 3.05) is 17.7 Å². The van der Waals surface area contributed by atoms with Crippen LogP contribution in [0.25, 0.3) is 0 Å². The van der Waals surface area contributed by atoms with E-state index >= 15 is 0 Å². The Kier molecular flexibility index (Phi) is 3.41. The molecule has 0 amide bonds. The number of anilines is 2. The third kappa shape index (κ3) is 2.26. The second-order valence-corrected chi connectivity index (χ2v) is 6.59. The van der Waals surface area contributed by atoms with Crippen LogP contribution >= 0.6 is 0 Å². The SMILES string of the molecule is CCCOc1cccc(NC2C(C)(C)C2(C)C)c1N. The highest BCUT2D eigenvalue weighted by molar-refractivity contribution is 5.74. The highest BCUT2D eigenvalue weighted by atomic mass is 16.5. The van der Waals surface area contributed by atoms with Crippen LogP contribution in [0.5, 0.6) is 5.75 Å². The fourth-order valence-corrected chi connectivity index (χ4v) is 2.72. The highest BCUT2D eigenvalue weighted by Gasteiger charge is 2.65. The summed E-state index contributed by atoms with van der Waals surface area (Å²) in [6.07, 6.45) is 0.986. The lowest BCUT2D eigenvalue weighted by molar-refractivity contribution is 0.319. The highest BCUT2D eigenvalue weighted by Crippen LogP contribution is 2.64. The third-order valence-electron chi connectivity index (χ3n) is 4.85. The van der Waals surface area contributed by atoms with Gasteiger partial charge in [-0.25, -0.2) is 0 Å². The molecule has 0 atom stereocenters. The van der Waals surface area contributed by atoms with Gasteiger partial charge in [-0.2, -0.15) is 0 Å². The number of para-hydroxylation sites is 1. The Bertz CT molecular complexity index is 452. The first-order chi connectivity index (χ1) is 8.82. The molecule has 0 bridgehead atoms. The first-order valence-corrected chi connectivity index (χ1v) is 7.10. The van der Waals surface area contributed by atoms with Crippen LogP contribution in [0.2, 0.25) is 0 Å². The molecule has 1 fully saturated rings. The van der Waals surface area contributed by atoms with Gasteiger partial charge in [0.25, 0.3) is 0 Å². The molecule has 3 heteroatoms. The summed E-state index contributed by atoms with van der Waals surface area (Å²) in [5.74, 6) is 0.781. The Hall–Kier alpha value is -1.38. The maximum Gasteiger partial charge on any atom is 0.144 e. The smallest absolute Gasteiger partial charge is 0.144 e. The summed E-state index contributed by atoms with van der Waals surface area (Å²) in [5, 5.41) is 3.58. The maximum absolute atomic E-state index is 6.19. The molecular formula is C16H26N2O. The molecule has 1 aliphatic rings. The van der Waals surface area contributed by atoms with Crippen molar-refractivity contribution in [2.24, 2.45) is 10.8 Å². The lowest BCUT2D eigenvalue weighted by atomic mass is 10.0. The van der Waals surface area contributed by atoms with Crippen LogP contribution in [0.4, 0.5) is 11.4 Å². The zero-order chi connectivity index (χ0) is 14.3. The second-order valence-electron chi connectivity index (χ2n) is 6.59. The number of nitrogens with one attached hydrogen (secondary N) is 1. The Morgan fingerprint density at radius 2 is 1.84 bits per heavy atom. The second kappa shape index (κ2) is 4.62. The Labute approximate surface area is 116 Å². The van der Waals surface area contributed by atoms with E-state index in [0.29, 0.717) is 23.5 Å². The summed E-state index contributed by atoms with van der Waals surface area (Å²) in [6, 6.07) is 6.40. The number of benzene rings is 1. The molecule has 1 aliphatic carbocycles. The van der Waals surface area contributed by atoms with Crippen LogP contribution in [0, 0.1) is 10.8 Å². The molecule has 0 heterocycles. The van der Waals surface area contributed by atoms with Crippen molar-refractivity contribution >= 4 is 11.4 Å². The van der Waals surface area contributed by atoms with E-state index in [4.69, 9.17) is 10.5 Å². The number of hydrogen-bond donors (Lipinski definition) is 2. The van der Waals surface area contributed by atoms with Crippen molar-refractivity contribution in [2.45, 2.75) is 47.1 Å². The van der Waals surface area contributed by atoms with E-state index < -0.39 is 0 Å². The van der Waals surface area contributed by atoms with Gasteiger partial charge >= 0.3 is 0 Å². The average Bonchev–Trinajstić information content (AvgIpc) is 2.72. The number of nitrogens with two attached hydrogens (primary N) is 1. The van der Waals surface area contributed by atoms with Crippen molar-refractivity contribution < 1.29 is 4.74 Å². The van der Waals surface area contributed by atoms with Crippen LogP contribution in [-0.2, 0) is 0 Å². The Balaban J connectivity index is 2.14. The summed E-state index contributed by atoms with van der Waals surface area (Å²) in [6.45, 7) is 12.0. The van der Waals surface area contributed by atoms with Crippen molar-refractivity contribution in [1.29, 1.82) is 0 Å². The molecular weight excluding hydrogens is 236 g/mol. The molecule has 19 heavy (non-hydrogen) atoms. The first kappa shape index (κ1) is 14.0. The summed E-state index contributed by atoms with van der Waals surface area (Å²) >= 11 is 0. The van der Waals surface area contributed by atoms with E-state index in [1.54, 1.807) is 0 Å². The quantitative estimate of drug-likeness (QED) is 0.791. The number of hydrogen-bond acceptors (Lipinski definition) is 3. The molecule has 1 saturated carbocycles. The molecule has 3 N–H and O–H groups in total. The molecule has 2 rings (SSSR count). The molecule has 0 radical (unpaired) electrons. The molecule has 1 aromatic rings. The standard InChI is InChI=1S/C16H26N2O/c1-6-10-19-12-9-7-8-11(13(12)17)18-14-15(2,3)16(14,4)5/h7-9,14,18H,6,10,17H2,1-5H3. The van der Waals surface area contributed by atoms with Gasteiger partial charge in [-0.1, -0.05) is 40.7 Å². The number of nitrogen functional groups attached to an aromatic ring is 1. The van der Waals surface area contributed by atoms with Gasteiger partial charge in [-0.3, -0.25) is 0 Å². The minimum atomic E-state index is 0.291.